The first-order chi connectivity index (χ1) is 21.2. The summed E-state index contributed by atoms with van der Waals surface area (Å²) in [7, 11) is 1.54. The Bertz CT molecular complexity index is 1790. The van der Waals surface area contributed by atoms with Crippen molar-refractivity contribution in [3.05, 3.63) is 83.0 Å². The topological polar surface area (TPSA) is 109 Å². The number of hydrogen-bond acceptors (Lipinski definition) is 9. The predicted octanol–water partition coefficient (Wildman–Crippen LogP) is 3.97. The molecule has 10 nitrogen and oxygen atoms in total. The van der Waals surface area contributed by atoms with E-state index in [-0.39, 0.29) is 30.3 Å². The minimum Gasteiger partial charge on any atom is -0.496 e. The van der Waals surface area contributed by atoms with Crippen LogP contribution in [0, 0.1) is 0 Å². The molecule has 1 saturated heterocycles. The average molecular weight is 685 g/mol. The largest absolute Gasteiger partial charge is 0.496 e. The van der Waals surface area contributed by atoms with Crippen molar-refractivity contribution in [1.29, 1.82) is 0 Å². The van der Waals surface area contributed by atoms with Crippen molar-refractivity contribution in [1.82, 2.24) is 9.47 Å². The van der Waals surface area contributed by atoms with Crippen LogP contribution >= 0.6 is 27.3 Å². The molecule has 0 unspecified atom stereocenters. The number of ether oxygens (including phenoxy) is 4. The highest BCUT2D eigenvalue weighted by molar-refractivity contribution is 9.10. The van der Waals surface area contributed by atoms with Gasteiger partial charge in [0.05, 0.1) is 36.1 Å². The van der Waals surface area contributed by atoms with Crippen LogP contribution in [0.3, 0.4) is 0 Å². The van der Waals surface area contributed by atoms with Crippen LogP contribution in [0.1, 0.15) is 50.8 Å². The second kappa shape index (κ2) is 13.8. The third kappa shape index (κ3) is 6.46. The third-order valence-corrected chi connectivity index (χ3v) is 8.85. The second-order valence-corrected chi connectivity index (χ2v) is 12.1. The number of thiazole rings is 1. The maximum absolute atomic E-state index is 14.1. The van der Waals surface area contributed by atoms with Crippen LogP contribution in [0.15, 0.2) is 61.9 Å². The van der Waals surface area contributed by atoms with Gasteiger partial charge < -0.3 is 23.8 Å². The Morgan fingerprint density at radius 2 is 1.80 bits per heavy atom. The van der Waals surface area contributed by atoms with Gasteiger partial charge in [0.1, 0.15) is 11.8 Å². The van der Waals surface area contributed by atoms with E-state index in [0.717, 1.165) is 30.4 Å². The quantitative estimate of drug-likeness (QED) is 0.298. The summed E-state index contributed by atoms with van der Waals surface area (Å²) in [5, 5.41) is 0. The maximum Gasteiger partial charge on any atom is 0.338 e. The number of hydrogen-bond donors (Lipinski definition) is 0. The van der Waals surface area contributed by atoms with E-state index < -0.39 is 12.0 Å². The number of esters is 1. The van der Waals surface area contributed by atoms with E-state index in [2.05, 4.69) is 20.9 Å². The highest BCUT2D eigenvalue weighted by atomic mass is 79.9. The number of aromatic nitrogens is 1. The zero-order valence-electron chi connectivity index (χ0n) is 25.1. The van der Waals surface area contributed by atoms with Crippen molar-refractivity contribution in [2.24, 2.45) is 4.99 Å². The standard InChI is InChI=1S/C32H34BrN3O7S/c1-5-41-25-15-20(9-11-24(25)43-18-27(37)35-13-7-8-14-35)16-26-30(38)36-29(22-17-21(33)10-12-23(22)40-4)28(31(39)42-6-2)19(3)34-32(36)44-26/h9-12,15-17,29H,5-8,13-14,18H2,1-4H3/b26-16-/t29-/m0/s1. The lowest BCUT2D eigenvalue weighted by atomic mass is 9.95. The van der Waals surface area contributed by atoms with Crippen molar-refractivity contribution in [2.75, 3.05) is 40.0 Å². The summed E-state index contributed by atoms with van der Waals surface area (Å²) in [6.07, 6.45) is 3.78. The number of rotatable bonds is 10. The van der Waals surface area contributed by atoms with Gasteiger partial charge in [-0.15, -0.1) is 0 Å². The lowest BCUT2D eigenvalue weighted by molar-refractivity contribution is -0.139. The molecule has 0 N–H and O–H groups in total. The number of methoxy groups -OCH3 is 1. The first kappa shape index (κ1) is 31.5. The van der Waals surface area contributed by atoms with E-state index in [9.17, 15) is 14.4 Å². The molecule has 1 fully saturated rings. The van der Waals surface area contributed by atoms with Crippen molar-refractivity contribution in [2.45, 2.75) is 39.7 Å². The van der Waals surface area contributed by atoms with Gasteiger partial charge in [0.25, 0.3) is 11.5 Å². The van der Waals surface area contributed by atoms with E-state index in [0.29, 0.717) is 50.0 Å². The summed E-state index contributed by atoms with van der Waals surface area (Å²) in [6.45, 7) is 7.35. The molecule has 2 aliphatic rings. The minimum atomic E-state index is -0.817. The van der Waals surface area contributed by atoms with Gasteiger partial charge in [0.15, 0.2) is 22.9 Å². The van der Waals surface area contributed by atoms with Crippen LogP contribution in [0.4, 0.5) is 0 Å². The molecule has 3 aromatic rings. The van der Waals surface area contributed by atoms with E-state index in [1.54, 1.807) is 56.2 Å². The maximum atomic E-state index is 14.1. The molecule has 0 radical (unpaired) electrons. The molecule has 44 heavy (non-hydrogen) atoms. The van der Waals surface area contributed by atoms with E-state index in [1.165, 1.54) is 15.9 Å². The normalized spacial score (nSPS) is 16.4. The molecule has 2 aliphatic heterocycles. The van der Waals surface area contributed by atoms with Gasteiger partial charge in [-0.2, -0.15) is 0 Å². The van der Waals surface area contributed by atoms with E-state index in [4.69, 9.17) is 18.9 Å². The Balaban J connectivity index is 1.56. The fourth-order valence-corrected chi connectivity index (χ4v) is 6.78. The molecule has 0 spiro atoms. The summed E-state index contributed by atoms with van der Waals surface area (Å²) in [5.74, 6) is 0.846. The summed E-state index contributed by atoms with van der Waals surface area (Å²) in [6, 6.07) is 9.96. The van der Waals surface area contributed by atoms with Crippen molar-refractivity contribution in [3.63, 3.8) is 0 Å². The second-order valence-electron chi connectivity index (χ2n) is 10.2. The Labute approximate surface area is 267 Å². The summed E-state index contributed by atoms with van der Waals surface area (Å²) in [4.78, 5) is 46.7. The van der Waals surface area contributed by atoms with Crippen LogP contribution in [0.25, 0.3) is 6.08 Å². The number of nitrogens with zero attached hydrogens (tertiary/aromatic N) is 3. The number of likely N-dealkylation sites (tertiary alicyclic amines) is 1. The molecule has 1 amide bonds. The molecule has 232 valence electrons. The lowest BCUT2D eigenvalue weighted by Gasteiger charge is -2.26. The molecule has 12 heteroatoms. The van der Waals surface area contributed by atoms with Crippen molar-refractivity contribution >= 4 is 45.2 Å². The Morgan fingerprint density at radius 3 is 2.50 bits per heavy atom. The molecular weight excluding hydrogens is 650 g/mol. The summed E-state index contributed by atoms with van der Waals surface area (Å²) >= 11 is 4.74. The molecule has 2 aromatic carbocycles. The van der Waals surface area contributed by atoms with Gasteiger partial charge >= 0.3 is 5.97 Å². The van der Waals surface area contributed by atoms with Crippen LogP contribution in [-0.2, 0) is 14.3 Å². The highest BCUT2D eigenvalue weighted by Gasteiger charge is 2.35. The fraction of sp³-hybridized carbons (Fsp3) is 0.375. The summed E-state index contributed by atoms with van der Waals surface area (Å²) in [5.41, 5.74) is 1.74. The number of fused-ring (bicyclic) bond motifs is 1. The van der Waals surface area contributed by atoms with Crippen LogP contribution < -0.4 is 29.1 Å². The fourth-order valence-electron chi connectivity index (χ4n) is 5.36. The zero-order valence-corrected chi connectivity index (χ0v) is 27.5. The van der Waals surface area contributed by atoms with E-state index in [1.807, 2.05) is 19.1 Å². The van der Waals surface area contributed by atoms with Crippen LogP contribution in [0.2, 0.25) is 0 Å². The van der Waals surface area contributed by atoms with Gasteiger partial charge in [-0.05, 0) is 75.6 Å². The minimum absolute atomic E-state index is 0.0516. The lowest BCUT2D eigenvalue weighted by Crippen LogP contribution is -2.40. The molecule has 3 heterocycles. The van der Waals surface area contributed by atoms with Crippen LogP contribution in [-0.4, -0.2) is 61.4 Å². The first-order valence-corrected chi connectivity index (χ1v) is 16.1. The average Bonchev–Trinajstić information content (AvgIpc) is 3.65. The predicted molar refractivity (Wildman–Crippen MR) is 170 cm³/mol. The SMILES string of the molecule is CCOC(=O)C1=C(C)N=c2s/c(=C\c3ccc(OCC(=O)N4CCCC4)c(OCC)c3)c(=O)n2[C@H]1c1cc(Br)ccc1OC. The molecule has 1 atom stereocenters. The molecule has 0 bridgehead atoms. The van der Waals surface area contributed by atoms with Gasteiger partial charge in [0.2, 0.25) is 0 Å². The first-order valence-electron chi connectivity index (χ1n) is 14.5. The summed E-state index contributed by atoms with van der Waals surface area (Å²) < 4.78 is 25.4. The number of allylic oxidation sites excluding steroid dienone is 1. The van der Waals surface area contributed by atoms with Gasteiger partial charge in [-0.1, -0.05) is 33.3 Å². The molecule has 0 aliphatic carbocycles. The number of carbonyl (C=O) groups is 2. The molecule has 0 saturated carbocycles. The van der Waals surface area contributed by atoms with Crippen molar-refractivity contribution in [3.8, 4) is 17.2 Å². The van der Waals surface area contributed by atoms with Crippen LogP contribution in [0.5, 0.6) is 17.2 Å². The molecule has 5 rings (SSSR count). The smallest absolute Gasteiger partial charge is 0.338 e. The number of amides is 1. The number of halogens is 1. The van der Waals surface area contributed by atoms with E-state index >= 15 is 0 Å². The Kier molecular flexibility index (Phi) is 9.90. The van der Waals surface area contributed by atoms with Gasteiger partial charge in [-0.3, -0.25) is 14.2 Å². The zero-order chi connectivity index (χ0) is 31.4. The molecular formula is C32H34BrN3O7S. The Morgan fingerprint density at radius 1 is 1.05 bits per heavy atom. The van der Waals surface area contributed by atoms with Gasteiger partial charge in [-0.25, -0.2) is 9.79 Å². The Hall–Kier alpha value is -3.90. The number of carbonyl (C=O) groups excluding carboxylic acids is 2. The molecule has 1 aromatic heterocycles. The third-order valence-electron chi connectivity index (χ3n) is 7.38. The monoisotopic (exact) mass is 683 g/mol. The van der Waals surface area contributed by atoms with Gasteiger partial charge in [0, 0.05) is 23.1 Å². The van der Waals surface area contributed by atoms with Crippen molar-refractivity contribution < 1.29 is 28.5 Å². The highest BCUT2D eigenvalue weighted by Crippen LogP contribution is 2.37. The number of benzene rings is 2.